The number of anilines is 1. The molecular weight excluding hydrogens is 292 g/mol. The van der Waals surface area contributed by atoms with Gasteiger partial charge in [0.05, 0.1) is 12.8 Å². The highest BCUT2D eigenvalue weighted by Crippen LogP contribution is 2.36. The summed E-state index contributed by atoms with van der Waals surface area (Å²) in [6, 6.07) is 10.0. The number of rotatable bonds is 5. The molecule has 2 aromatic rings. The summed E-state index contributed by atoms with van der Waals surface area (Å²) >= 11 is 11.3. The van der Waals surface area contributed by atoms with Crippen LogP contribution >= 0.6 is 23.8 Å². The van der Waals surface area contributed by atoms with Crippen LogP contribution in [0.1, 0.15) is 24.2 Å². The Balaban J connectivity index is 1.98. The summed E-state index contributed by atoms with van der Waals surface area (Å²) in [5.74, 6) is 0.922. The minimum absolute atomic E-state index is 0.391. The van der Waals surface area contributed by atoms with E-state index in [-0.39, 0.29) is 0 Å². The molecule has 0 radical (unpaired) electrons. The van der Waals surface area contributed by atoms with Gasteiger partial charge in [-0.25, -0.2) is 0 Å². The molecule has 2 N–H and O–H groups in total. The first-order valence-electron chi connectivity index (χ1n) is 6.53. The molecule has 0 unspecified atom stereocenters. The van der Waals surface area contributed by atoms with Crippen LogP contribution in [0.15, 0.2) is 41.0 Å². The van der Waals surface area contributed by atoms with Crippen molar-refractivity contribution in [3.05, 3.63) is 52.9 Å². The van der Waals surface area contributed by atoms with Crippen LogP contribution in [0.4, 0.5) is 5.69 Å². The van der Waals surface area contributed by atoms with Gasteiger partial charge in [0.1, 0.15) is 10.7 Å². The Morgan fingerprint density at radius 3 is 2.80 bits per heavy atom. The first-order valence-corrected chi connectivity index (χ1v) is 7.32. The third-order valence-electron chi connectivity index (χ3n) is 3.43. The SMILES string of the molecule is NC(=S)c1ccc(Cl)cc1N(Cc1ccco1)C1CC1. The van der Waals surface area contributed by atoms with Crippen LogP contribution in [-0.2, 0) is 6.54 Å². The molecule has 1 aromatic heterocycles. The van der Waals surface area contributed by atoms with Crippen LogP contribution in [0.25, 0.3) is 0 Å². The highest BCUT2D eigenvalue weighted by atomic mass is 35.5. The van der Waals surface area contributed by atoms with E-state index in [0.29, 0.717) is 22.6 Å². The fourth-order valence-electron chi connectivity index (χ4n) is 2.32. The van der Waals surface area contributed by atoms with E-state index in [0.717, 1.165) is 17.0 Å². The van der Waals surface area contributed by atoms with Crippen molar-refractivity contribution < 1.29 is 4.42 Å². The first kappa shape index (κ1) is 13.5. The third-order valence-corrected chi connectivity index (χ3v) is 3.88. The standard InChI is InChI=1S/C15H15ClN2OS/c16-10-3-6-13(15(17)20)14(8-10)18(11-4-5-11)9-12-2-1-7-19-12/h1-3,6-8,11H,4-5,9H2,(H2,17,20). The van der Waals surface area contributed by atoms with Gasteiger partial charge in [-0.15, -0.1) is 0 Å². The van der Waals surface area contributed by atoms with E-state index in [1.54, 1.807) is 6.26 Å². The van der Waals surface area contributed by atoms with Gasteiger partial charge in [-0.1, -0.05) is 23.8 Å². The minimum Gasteiger partial charge on any atom is -0.467 e. The summed E-state index contributed by atoms with van der Waals surface area (Å²) in [5.41, 5.74) is 7.69. The number of hydrogen-bond donors (Lipinski definition) is 1. The highest BCUT2D eigenvalue weighted by molar-refractivity contribution is 7.80. The molecule has 0 saturated heterocycles. The van der Waals surface area contributed by atoms with E-state index in [9.17, 15) is 0 Å². The maximum Gasteiger partial charge on any atom is 0.123 e. The maximum atomic E-state index is 6.14. The average molecular weight is 307 g/mol. The highest BCUT2D eigenvalue weighted by Gasteiger charge is 2.31. The van der Waals surface area contributed by atoms with E-state index < -0.39 is 0 Å². The molecule has 0 bridgehead atoms. The van der Waals surface area contributed by atoms with Crippen LogP contribution in [0.5, 0.6) is 0 Å². The van der Waals surface area contributed by atoms with Gasteiger partial charge in [-0.2, -0.15) is 0 Å². The van der Waals surface area contributed by atoms with Crippen molar-refractivity contribution in [3.8, 4) is 0 Å². The van der Waals surface area contributed by atoms with E-state index >= 15 is 0 Å². The van der Waals surface area contributed by atoms with Crippen LogP contribution in [0.3, 0.4) is 0 Å². The molecule has 0 spiro atoms. The molecule has 0 amide bonds. The van der Waals surface area contributed by atoms with Crippen LogP contribution in [0.2, 0.25) is 5.02 Å². The molecule has 3 rings (SSSR count). The van der Waals surface area contributed by atoms with Crippen molar-refractivity contribution in [2.24, 2.45) is 5.73 Å². The topological polar surface area (TPSA) is 42.4 Å². The molecule has 1 fully saturated rings. The molecule has 1 aromatic carbocycles. The van der Waals surface area contributed by atoms with Crippen molar-refractivity contribution in [2.45, 2.75) is 25.4 Å². The number of hydrogen-bond acceptors (Lipinski definition) is 3. The van der Waals surface area contributed by atoms with Gasteiger partial charge >= 0.3 is 0 Å². The van der Waals surface area contributed by atoms with E-state index in [1.165, 1.54) is 12.8 Å². The van der Waals surface area contributed by atoms with E-state index in [1.807, 2.05) is 30.3 Å². The van der Waals surface area contributed by atoms with Crippen molar-refractivity contribution in [1.29, 1.82) is 0 Å². The minimum atomic E-state index is 0.391. The number of benzene rings is 1. The summed E-state index contributed by atoms with van der Waals surface area (Å²) in [5, 5.41) is 0.685. The molecule has 104 valence electrons. The summed E-state index contributed by atoms with van der Waals surface area (Å²) < 4.78 is 5.46. The van der Waals surface area contributed by atoms with Gasteiger partial charge in [0.15, 0.2) is 0 Å². The Morgan fingerprint density at radius 1 is 1.40 bits per heavy atom. The largest absolute Gasteiger partial charge is 0.467 e. The van der Waals surface area contributed by atoms with Crippen molar-refractivity contribution in [3.63, 3.8) is 0 Å². The second kappa shape index (κ2) is 5.46. The van der Waals surface area contributed by atoms with Crippen LogP contribution < -0.4 is 10.6 Å². The summed E-state index contributed by atoms with van der Waals surface area (Å²) in [6.07, 6.45) is 4.03. The molecule has 1 saturated carbocycles. The summed E-state index contributed by atoms with van der Waals surface area (Å²) in [4.78, 5) is 2.67. The maximum absolute atomic E-state index is 6.14. The lowest BCUT2D eigenvalue weighted by atomic mass is 10.1. The lowest BCUT2D eigenvalue weighted by molar-refractivity contribution is 0.501. The second-order valence-electron chi connectivity index (χ2n) is 4.96. The van der Waals surface area contributed by atoms with E-state index in [4.69, 9.17) is 34.0 Å². The number of nitrogens with two attached hydrogens (primary N) is 1. The molecule has 1 heterocycles. The Bertz CT molecular complexity index is 623. The van der Waals surface area contributed by atoms with Gasteiger partial charge in [0.2, 0.25) is 0 Å². The fourth-order valence-corrected chi connectivity index (χ4v) is 2.66. The van der Waals surface area contributed by atoms with Crippen molar-refractivity contribution in [1.82, 2.24) is 0 Å². The monoisotopic (exact) mass is 306 g/mol. The van der Waals surface area contributed by atoms with Gasteiger partial charge in [-0.3, -0.25) is 0 Å². The van der Waals surface area contributed by atoms with Crippen LogP contribution in [0, 0.1) is 0 Å². The predicted octanol–water partition coefficient (Wildman–Crippen LogP) is 3.74. The second-order valence-corrected chi connectivity index (χ2v) is 5.84. The quantitative estimate of drug-likeness (QED) is 0.855. The molecular formula is C15H15ClN2OS. The Kier molecular flexibility index (Phi) is 3.68. The zero-order chi connectivity index (χ0) is 14.1. The zero-order valence-corrected chi connectivity index (χ0v) is 12.5. The van der Waals surface area contributed by atoms with Gasteiger partial charge in [-0.05, 0) is 43.2 Å². The van der Waals surface area contributed by atoms with Crippen molar-refractivity contribution in [2.75, 3.05) is 4.90 Å². The van der Waals surface area contributed by atoms with Crippen LogP contribution in [-0.4, -0.2) is 11.0 Å². The molecule has 5 heteroatoms. The Morgan fingerprint density at radius 2 is 2.20 bits per heavy atom. The molecule has 1 aliphatic rings. The average Bonchev–Trinajstić information content (AvgIpc) is 3.12. The summed E-state index contributed by atoms with van der Waals surface area (Å²) in [7, 11) is 0. The Labute approximate surface area is 128 Å². The zero-order valence-electron chi connectivity index (χ0n) is 10.9. The Hall–Kier alpha value is -1.52. The normalized spacial score (nSPS) is 14.2. The number of thiocarbonyl (C=S) groups is 1. The number of furan rings is 1. The fraction of sp³-hybridized carbons (Fsp3) is 0.267. The van der Waals surface area contributed by atoms with Gasteiger partial charge in [0.25, 0.3) is 0 Å². The van der Waals surface area contributed by atoms with Crippen molar-refractivity contribution >= 4 is 34.5 Å². The van der Waals surface area contributed by atoms with Gasteiger partial charge < -0.3 is 15.1 Å². The molecule has 0 aliphatic heterocycles. The smallest absolute Gasteiger partial charge is 0.123 e. The number of halogens is 1. The third kappa shape index (κ3) is 2.81. The number of nitrogens with zero attached hydrogens (tertiary/aromatic N) is 1. The molecule has 3 nitrogen and oxygen atoms in total. The molecule has 1 aliphatic carbocycles. The predicted molar refractivity (Wildman–Crippen MR) is 85.3 cm³/mol. The van der Waals surface area contributed by atoms with Gasteiger partial charge in [0, 0.05) is 22.3 Å². The lowest BCUT2D eigenvalue weighted by Crippen LogP contribution is -2.27. The molecule has 0 atom stereocenters. The first-order chi connectivity index (χ1) is 9.65. The molecule has 20 heavy (non-hydrogen) atoms. The van der Waals surface area contributed by atoms with E-state index in [2.05, 4.69) is 4.90 Å². The summed E-state index contributed by atoms with van der Waals surface area (Å²) in [6.45, 7) is 0.702. The lowest BCUT2D eigenvalue weighted by Gasteiger charge is -2.26.